The predicted molar refractivity (Wildman–Crippen MR) is 125 cm³/mol. The van der Waals surface area contributed by atoms with E-state index >= 15 is 0 Å². The Labute approximate surface area is 194 Å². The first-order valence-electron chi connectivity index (χ1n) is 9.64. The first-order chi connectivity index (χ1) is 15.4. The van der Waals surface area contributed by atoms with Gasteiger partial charge < -0.3 is 14.8 Å². The molecule has 5 nitrogen and oxygen atoms in total. The number of benzene rings is 3. The molecule has 0 aliphatic rings. The fraction of sp³-hybridized carbons (Fsp3) is 0.120. The Hall–Kier alpha value is -3.63. The Morgan fingerprint density at radius 2 is 1.91 bits per heavy atom. The number of ether oxygens (including phenoxy) is 2. The molecule has 0 spiro atoms. The van der Waals surface area contributed by atoms with Gasteiger partial charge in [0.1, 0.15) is 24.1 Å². The fourth-order valence-corrected chi connectivity index (χ4v) is 3.34. The highest BCUT2D eigenvalue weighted by atomic mass is 79.9. The molecule has 0 unspecified atom stereocenters. The number of methoxy groups -OCH3 is 1. The molecule has 0 radical (unpaired) electrons. The van der Waals surface area contributed by atoms with Gasteiger partial charge in [0.25, 0.3) is 5.91 Å². The molecule has 0 saturated carbocycles. The summed E-state index contributed by atoms with van der Waals surface area (Å²) in [6.07, 6.45) is 1.47. The Kier molecular flexibility index (Phi) is 7.63. The van der Waals surface area contributed by atoms with Crippen LogP contribution in [0.5, 0.6) is 11.5 Å². The highest BCUT2D eigenvalue weighted by Crippen LogP contribution is 2.35. The quantitative estimate of drug-likeness (QED) is 0.321. The minimum atomic E-state index is -0.513. The van der Waals surface area contributed by atoms with E-state index in [0.717, 1.165) is 11.1 Å². The predicted octanol–water partition coefficient (Wildman–Crippen LogP) is 6.03. The summed E-state index contributed by atoms with van der Waals surface area (Å²) in [5.41, 5.74) is 2.92. The lowest BCUT2D eigenvalue weighted by Gasteiger charge is -2.13. The number of nitriles is 1. The van der Waals surface area contributed by atoms with E-state index in [0.29, 0.717) is 27.2 Å². The van der Waals surface area contributed by atoms with E-state index in [-0.39, 0.29) is 18.0 Å². The molecule has 3 rings (SSSR count). The molecule has 3 aromatic rings. The molecule has 3 aromatic carbocycles. The van der Waals surface area contributed by atoms with Gasteiger partial charge in [-0.2, -0.15) is 5.26 Å². The zero-order chi connectivity index (χ0) is 23.1. The zero-order valence-electron chi connectivity index (χ0n) is 17.5. The lowest BCUT2D eigenvalue weighted by atomic mass is 10.1. The zero-order valence-corrected chi connectivity index (χ0v) is 19.1. The third-order valence-electron chi connectivity index (χ3n) is 4.53. The number of halogens is 2. The van der Waals surface area contributed by atoms with Crippen molar-refractivity contribution in [1.82, 2.24) is 0 Å². The summed E-state index contributed by atoms with van der Waals surface area (Å²) in [6, 6.07) is 18.6. The van der Waals surface area contributed by atoms with Crippen molar-refractivity contribution in [2.75, 3.05) is 12.4 Å². The Bertz CT molecular complexity index is 1200. The van der Waals surface area contributed by atoms with Crippen LogP contribution in [0.4, 0.5) is 10.1 Å². The monoisotopic (exact) mass is 494 g/mol. The van der Waals surface area contributed by atoms with Crippen LogP contribution in [0, 0.1) is 24.1 Å². The number of hydrogen-bond donors (Lipinski definition) is 1. The number of nitrogens with zero attached hydrogens (tertiary/aromatic N) is 1. The second kappa shape index (κ2) is 10.6. The lowest BCUT2D eigenvalue weighted by Crippen LogP contribution is -2.13. The normalized spacial score (nSPS) is 10.9. The van der Waals surface area contributed by atoms with Crippen molar-refractivity contribution in [2.45, 2.75) is 13.5 Å². The molecule has 0 heterocycles. The number of aryl methyl sites for hydroxylation is 1. The van der Waals surface area contributed by atoms with Crippen LogP contribution >= 0.6 is 15.9 Å². The molecule has 0 aliphatic carbocycles. The van der Waals surface area contributed by atoms with Crippen LogP contribution in [0.3, 0.4) is 0 Å². The second-order valence-electron chi connectivity index (χ2n) is 6.93. The molecule has 0 aromatic heterocycles. The molecule has 0 bridgehead atoms. The van der Waals surface area contributed by atoms with Gasteiger partial charge >= 0.3 is 0 Å². The molecule has 1 N–H and O–H groups in total. The number of hydrogen-bond acceptors (Lipinski definition) is 4. The van der Waals surface area contributed by atoms with Crippen molar-refractivity contribution >= 4 is 33.6 Å². The third kappa shape index (κ3) is 5.96. The Balaban J connectivity index is 1.81. The van der Waals surface area contributed by atoms with Gasteiger partial charge in [0.2, 0.25) is 0 Å². The van der Waals surface area contributed by atoms with Crippen molar-refractivity contribution < 1.29 is 18.7 Å². The maximum absolute atomic E-state index is 13.1. The molecule has 162 valence electrons. The summed E-state index contributed by atoms with van der Waals surface area (Å²) < 4.78 is 24.9. The highest BCUT2D eigenvalue weighted by Gasteiger charge is 2.14. The van der Waals surface area contributed by atoms with E-state index in [1.165, 1.54) is 25.3 Å². The summed E-state index contributed by atoms with van der Waals surface area (Å²) in [5.74, 6) is 0.0621. The molecule has 1 amide bonds. The van der Waals surface area contributed by atoms with Gasteiger partial charge in [-0.3, -0.25) is 4.79 Å². The smallest absolute Gasteiger partial charge is 0.266 e. The molecule has 32 heavy (non-hydrogen) atoms. The Morgan fingerprint density at radius 1 is 1.16 bits per heavy atom. The topological polar surface area (TPSA) is 71.3 Å². The minimum Gasteiger partial charge on any atom is -0.493 e. The first kappa shape index (κ1) is 23.0. The molecule has 0 atom stereocenters. The Morgan fingerprint density at radius 3 is 2.56 bits per heavy atom. The average Bonchev–Trinajstić information content (AvgIpc) is 2.78. The van der Waals surface area contributed by atoms with E-state index in [1.807, 2.05) is 31.2 Å². The first-order valence-corrected chi connectivity index (χ1v) is 10.4. The number of rotatable bonds is 7. The van der Waals surface area contributed by atoms with E-state index in [9.17, 15) is 14.4 Å². The van der Waals surface area contributed by atoms with Gasteiger partial charge in [-0.25, -0.2) is 4.39 Å². The van der Waals surface area contributed by atoms with Gasteiger partial charge in [-0.1, -0.05) is 40.2 Å². The van der Waals surface area contributed by atoms with E-state index < -0.39 is 5.91 Å². The van der Waals surface area contributed by atoms with Crippen LogP contribution in [0.15, 0.2) is 70.7 Å². The van der Waals surface area contributed by atoms with Crippen molar-refractivity contribution in [3.8, 4) is 17.6 Å². The largest absolute Gasteiger partial charge is 0.493 e. The van der Waals surface area contributed by atoms with Crippen molar-refractivity contribution in [3.63, 3.8) is 0 Å². The standard InChI is InChI=1S/C25H20BrFN2O3/c1-16-4-3-5-21(10-16)29-25(30)19(14-28)11-18-12-23(31-2)24(13-22(18)26)32-15-17-6-8-20(27)9-7-17/h3-13H,15H2,1-2H3,(H,29,30)/b19-11-. The molecule has 7 heteroatoms. The minimum absolute atomic E-state index is 0.0609. The average molecular weight is 495 g/mol. The number of carbonyl (C=O) groups is 1. The molecule has 0 aliphatic heterocycles. The molecule has 0 saturated heterocycles. The third-order valence-corrected chi connectivity index (χ3v) is 5.22. The summed E-state index contributed by atoms with van der Waals surface area (Å²) >= 11 is 3.46. The van der Waals surface area contributed by atoms with Gasteiger partial charge in [0.05, 0.1) is 7.11 Å². The van der Waals surface area contributed by atoms with Gasteiger partial charge in [-0.05, 0) is 66.1 Å². The highest BCUT2D eigenvalue weighted by molar-refractivity contribution is 9.10. The van der Waals surface area contributed by atoms with E-state index in [4.69, 9.17) is 9.47 Å². The fourth-order valence-electron chi connectivity index (χ4n) is 2.90. The molecule has 0 fully saturated rings. The summed E-state index contributed by atoms with van der Waals surface area (Å²) in [7, 11) is 1.50. The SMILES string of the molecule is COc1cc(/C=C(/C#N)C(=O)Nc2cccc(C)c2)c(Br)cc1OCc1ccc(F)cc1. The van der Waals surface area contributed by atoms with Crippen molar-refractivity contribution in [3.05, 3.63) is 93.2 Å². The van der Waals surface area contributed by atoms with Gasteiger partial charge in [0, 0.05) is 10.2 Å². The number of anilines is 1. The molecular formula is C25H20BrFN2O3. The summed E-state index contributed by atoms with van der Waals surface area (Å²) in [5, 5.41) is 12.2. The van der Waals surface area contributed by atoms with E-state index in [2.05, 4.69) is 21.2 Å². The van der Waals surface area contributed by atoms with Crippen LogP contribution in [0.2, 0.25) is 0 Å². The van der Waals surface area contributed by atoms with Crippen LogP contribution in [0.25, 0.3) is 6.08 Å². The lowest BCUT2D eigenvalue weighted by molar-refractivity contribution is -0.112. The second-order valence-corrected chi connectivity index (χ2v) is 7.79. The maximum Gasteiger partial charge on any atom is 0.266 e. The summed E-state index contributed by atoms with van der Waals surface area (Å²) in [6.45, 7) is 2.14. The van der Waals surface area contributed by atoms with E-state index in [1.54, 1.807) is 30.3 Å². The van der Waals surface area contributed by atoms with Crippen LogP contribution in [-0.4, -0.2) is 13.0 Å². The van der Waals surface area contributed by atoms with Crippen LogP contribution in [-0.2, 0) is 11.4 Å². The van der Waals surface area contributed by atoms with Crippen molar-refractivity contribution in [2.24, 2.45) is 0 Å². The van der Waals surface area contributed by atoms with Crippen molar-refractivity contribution in [1.29, 1.82) is 5.26 Å². The number of carbonyl (C=O) groups excluding carboxylic acids is 1. The summed E-state index contributed by atoms with van der Waals surface area (Å²) in [4.78, 5) is 12.6. The maximum atomic E-state index is 13.1. The van der Waals surface area contributed by atoms with Crippen LogP contribution < -0.4 is 14.8 Å². The number of amides is 1. The van der Waals surface area contributed by atoms with Crippen LogP contribution in [0.1, 0.15) is 16.7 Å². The van der Waals surface area contributed by atoms with Gasteiger partial charge in [-0.15, -0.1) is 0 Å². The number of nitrogens with one attached hydrogen (secondary N) is 1. The molecular weight excluding hydrogens is 475 g/mol. The van der Waals surface area contributed by atoms with Gasteiger partial charge in [0.15, 0.2) is 11.5 Å².